The molecule has 0 saturated heterocycles. The molecule has 24 heavy (non-hydrogen) atoms. The highest BCUT2D eigenvalue weighted by Crippen LogP contribution is 2.20. The quantitative estimate of drug-likeness (QED) is 0.732. The highest BCUT2D eigenvalue weighted by atomic mass is 32.2. The van der Waals surface area contributed by atoms with Gasteiger partial charge in [-0.25, -0.2) is 12.8 Å². The summed E-state index contributed by atoms with van der Waals surface area (Å²) in [6.07, 6.45) is 0. The van der Waals surface area contributed by atoms with Gasteiger partial charge in [-0.3, -0.25) is 10.1 Å². The van der Waals surface area contributed by atoms with Gasteiger partial charge in [0.05, 0.1) is 10.6 Å². The van der Waals surface area contributed by atoms with Crippen LogP contribution in [0.2, 0.25) is 0 Å². The molecule has 0 atom stereocenters. The molecule has 1 N–H and O–H groups in total. The van der Waals surface area contributed by atoms with E-state index >= 15 is 0 Å². The molecule has 0 radical (unpaired) electrons. The van der Waals surface area contributed by atoms with E-state index in [9.17, 15) is 17.6 Å². The van der Waals surface area contributed by atoms with Gasteiger partial charge in [0.1, 0.15) is 5.82 Å². The van der Waals surface area contributed by atoms with Crippen LogP contribution in [0.1, 0.15) is 15.2 Å². The van der Waals surface area contributed by atoms with Crippen LogP contribution in [0, 0.1) is 5.82 Å². The lowest BCUT2D eigenvalue weighted by molar-refractivity contribution is 0.103. The summed E-state index contributed by atoms with van der Waals surface area (Å²) in [6.45, 7) is 0. The molecule has 0 saturated carbocycles. The first-order chi connectivity index (χ1) is 11.4. The molecule has 0 unspecified atom stereocenters. The van der Waals surface area contributed by atoms with Crippen molar-refractivity contribution in [2.45, 2.75) is 10.9 Å². The number of carbonyl (C=O) groups excluding carboxylic acids is 1. The van der Waals surface area contributed by atoms with Crippen LogP contribution in [-0.4, -0.2) is 23.7 Å². The average Bonchev–Trinajstić information content (AvgIpc) is 3.20. The van der Waals surface area contributed by atoms with Crippen LogP contribution in [0.5, 0.6) is 0 Å². The first-order valence-electron chi connectivity index (χ1n) is 6.60. The Kier molecular flexibility index (Phi) is 4.69. The van der Waals surface area contributed by atoms with Gasteiger partial charge in [-0.15, -0.1) is 11.3 Å². The topological polar surface area (TPSA) is 89.0 Å². The Labute approximate surface area is 145 Å². The molecular weight excluding hydrogens is 373 g/mol. The number of rotatable bonds is 5. The molecule has 0 bridgehead atoms. The number of nitrogens with one attached hydrogen (secondary N) is 1. The van der Waals surface area contributed by atoms with Crippen LogP contribution in [0.3, 0.4) is 0 Å². The fraction of sp³-hybridized carbons (Fsp3) is 0.0714. The van der Waals surface area contributed by atoms with Gasteiger partial charge < -0.3 is 0 Å². The highest BCUT2D eigenvalue weighted by molar-refractivity contribution is 7.90. The molecule has 3 aromatic rings. The summed E-state index contributed by atoms with van der Waals surface area (Å²) >= 11 is 2.05. The minimum absolute atomic E-state index is 0.103. The maximum atomic E-state index is 12.9. The zero-order valence-corrected chi connectivity index (χ0v) is 14.4. The number of benzene rings is 1. The molecule has 124 valence electrons. The van der Waals surface area contributed by atoms with Gasteiger partial charge in [-0.1, -0.05) is 18.2 Å². The summed E-state index contributed by atoms with van der Waals surface area (Å²) in [7, 11) is -3.78. The lowest BCUT2D eigenvalue weighted by Crippen LogP contribution is -2.11. The molecule has 2 aromatic heterocycles. The Morgan fingerprint density at radius 2 is 1.96 bits per heavy atom. The third-order valence-corrected chi connectivity index (χ3v) is 5.99. The second-order valence-electron chi connectivity index (χ2n) is 4.70. The Bertz CT molecular complexity index is 951. The largest absolute Gasteiger partial charge is 0.296 e. The van der Waals surface area contributed by atoms with E-state index < -0.39 is 15.7 Å². The van der Waals surface area contributed by atoms with Crippen molar-refractivity contribution in [2.75, 3.05) is 5.32 Å². The molecule has 0 spiro atoms. The molecule has 0 aliphatic rings. The van der Waals surface area contributed by atoms with E-state index in [4.69, 9.17) is 0 Å². The number of hydrogen-bond donors (Lipinski definition) is 1. The smallest absolute Gasteiger partial charge is 0.267 e. The Balaban J connectivity index is 1.74. The number of hydrogen-bond acceptors (Lipinski definition) is 7. The summed E-state index contributed by atoms with van der Waals surface area (Å²) in [5.41, 5.74) is 0.426. The standard InChI is InChI=1S/C14H10FN3O3S3/c15-10-5-3-9(4-6-10)8-24(20,21)14-17-13(23-18-14)16-12(19)11-2-1-7-22-11/h1-7H,8H2,(H,16,17,18,19). The van der Waals surface area contributed by atoms with E-state index in [1.165, 1.54) is 35.6 Å². The zero-order valence-electron chi connectivity index (χ0n) is 12.0. The van der Waals surface area contributed by atoms with Gasteiger partial charge in [-0.2, -0.15) is 9.36 Å². The van der Waals surface area contributed by atoms with Crippen LogP contribution in [0.25, 0.3) is 0 Å². The number of anilines is 1. The predicted molar refractivity (Wildman–Crippen MR) is 89.5 cm³/mol. The van der Waals surface area contributed by atoms with Crippen molar-refractivity contribution in [3.05, 3.63) is 58.0 Å². The molecule has 1 amide bonds. The van der Waals surface area contributed by atoms with Gasteiger partial charge in [0.2, 0.25) is 15.0 Å². The minimum atomic E-state index is -3.78. The molecule has 2 heterocycles. The van der Waals surface area contributed by atoms with Crippen molar-refractivity contribution in [1.29, 1.82) is 0 Å². The average molecular weight is 383 g/mol. The monoisotopic (exact) mass is 383 g/mol. The lowest BCUT2D eigenvalue weighted by Gasteiger charge is -2.00. The Hall–Kier alpha value is -2.17. The molecule has 6 nitrogen and oxygen atoms in total. The first kappa shape index (κ1) is 16.7. The molecule has 0 fully saturated rings. The molecule has 10 heteroatoms. The molecular formula is C14H10FN3O3S3. The van der Waals surface area contributed by atoms with Crippen LogP contribution in [0.4, 0.5) is 9.52 Å². The summed E-state index contributed by atoms with van der Waals surface area (Å²) < 4.78 is 41.2. The fourth-order valence-electron chi connectivity index (χ4n) is 1.82. The van der Waals surface area contributed by atoms with Crippen molar-refractivity contribution < 1.29 is 17.6 Å². The van der Waals surface area contributed by atoms with E-state index in [2.05, 4.69) is 14.7 Å². The number of sulfone groups is 1. The number of aromatic nitrogens is 2. The van der Waals surface area contributed by atoms with E-state index in [0.29, 0.717) is 10.4 Å². The van der Waals surface area contributed by atoms with Crippen LogP contribution >= 0.6 is 22.9 Å². The van der Waals surface area contributed by atoms with Crippen molar-refractivity contribution in [3.8, 4) is 0 Å². The second kappa shape index (κ2) is 6.75. The number of thiophene rings is 1. The van der Waals surface area contributed by atoms with Crippen molar-refractivity contribution >= 4 is 43.7 Å². The normalized spacial score (nSPS) is 11.4. The van der Waals surface area contributed by atoms with Crippen molar-refractivity contribution in [2.24, 2.45) is 0 Å². The van der Waals surface area contributed by atoms with Gasteiger partial charge >= 0.3 is 0 Å². The number of halogens is 1. The third kappa shape index (κ3) is 3.83. The van der Waals surface area contributed by atoms with Gasteiger partial charge in [0, 0.05) is 11.5 Å². The fourth-order valence-corrected chi connectivity index (χ4v) is 4.52. The first-order valence-corrected chi connectivity index (χ1v) is 9.90. The second-order valence-corrected chi connectivity index (χ2v) is 8.28. The van der Waals surface area contributed by atoms with Crippen LogP contribution in [0.15, 0.2) is 46.9 Å². The maximum Gasteiger partial charge on any atom is 0.267 e. The van der Waals surface area contributed by atoms with Crippen molar-refractivity contribution in [1.82, 2.24) is 9.36 Å². The van der Waals surface area contributed by atoms with E-state index in [0.717, 1.165) is 11.5 Å². The summed E-state index contributed by atoms with van der Waals surface area (Å²) in [4.78, 5) is 16.3. The van der Waals surface area contributed by atoms with E-state index in [-0.39, 0.29) is 21.9 Å². The Morgan fingerprint density at radius 3 is 2.62 bits per heavy atom. The zero-order chi connectivity index (χ0) is 17.2. The van der Waals surface area contributed by atoms with E-state index in [1.54, 1.807) is 17.5 Å². The van der Waals surface area contributed by atoms with E-state index in [1.807, 2.05) is 0 Å². The summed E-state index contributed by atoms with van der Waals surface area (Å²) in [5, 5.41) is 4.01. The Morgan fingerprint density at radius 1 is 1.21 bits per heavy atom. The summed E-state index contributed by atoms with van der Waals surface area (Å²) in [5.74, 6) is -1.16. The van der Waals surface area contributed by atoms with Gasteiger partial charge in [-0.05, 0) is 29.1 Å². The van der Waals surface area contributed by atoms with Gasteiger partial charge in [0.15, 0.2) is 0 Å². The predicted octanol–water partition coefficient (Wildman–Crippen LogP) is 2.96. The van der Waals surface area contributed by atoms with Crippen LogP contribution in [-0.2, 0) is 15.6 Å². The minimum Gasteiger partial charge on any atom is -0.296 e. The van der Waals surface area contributed by atoms with Gasteiger partial charge in [0.25, 0.3) is 11.1 Å². The number of carbonyl (C=O) groups is 1. The molecule has 0 aliphatic carbocycles. The SMILES string of the molecule is O=C(Nc1nc(S(=O)(=O)Cc2ccc(F)cc2)ns1)c1cccs1. The van der Waals surface area contributed by atoms with Crippen LogP contribution < -0.4 is 5.32 Å². The number of amides is 1. The maximum absolute atomic E-state index is 12.9. The molecule has 0 aliphatic heterocycles. The molecule has 3 rings (SSSR count). The van der Waals surface area contributed by atoms with Crippen molar-refractivity contribution in [3.63, 3.8) is 0 Å². The lowest BCUT2D eigenvalue weighted by atomic mass is 10.2. The highest BCUT2D eigenvalue weighted by Gasteiger charge is 2.22. The third-order valence-electron chi connectivity index (χ3n) is 2.92. The number of nitrogens with zero attached hydrogens (tertiary/aromatic N) is 2. The summed E-state index contributed by atoms with van der Waals surface area (Å²) in [6, 6.07) is 8.53. The molecule has 1 aromatic carbocycles.